The number of alkyl halides is 3. The maximum absolute atomic E-state index is 12.7. The lowest BCUT2D eigenvalue weighted by Crippen LogP contribution is -2.48. The Hall–Kier alpha value is -0.820. The van der Waals surface area contributed by atoms with Gasteiger partial charge in [0.15, 0.2) is 5.13 Å². The SMILES string of the molecule is FC(F)(F)c1cnc(N2CCCC(N3CCCCCC3)C2)s1. The average molecular weight is 333 g/mol. The molecule has 0 aliphatic carbocycles. The predicted octanol–water partition coefficient (Wildman–Crippen LogP) is 4.01. The van der Waals surface area contributed by atoms with Crippen LogP contribution in [-0.4, -0.2) is 42.1 Å². The van der Waals surface area contributed by atoms with E-state index in [4.69, 9.17) is 0 Å². The van der Waals surface area contributed by atoms with E-state index in [9.17, 15) is 13.2 Å². The number of piperidine rings is 1. The van der Waals surface area contributed by atoms with Crippen molar-refractivity contribution >= 4 is 16.5 Å². The minimum atomic E-state index is -4.28. The molecule has 0 radical (unpaired) electrons. The average Bonchev–Trinajstić information content (AvgIpc) is 2.84. The van der Waals surface area contributed by atoms with Crippen molar-refractivity contribution in [3.63, 3.8) is 0 Å². The molecule has 0 saturated carbocycles. The second kappa shape index (κ2) is 6.74. The number of hydrogen-bond donors (Lipinski definition) is 0. The van der Waals surface area contributed by atoms with Crippen LogP contribution in [0.15, 0.2) is 6.20 Å². The summed E-state index contributed by atoms with van der Waals surface area (Å²) in [5.41, 5.74) is 0. The number of likely N-dealkylation sites (tertiary alicyclic amines) is 1. The number of hydrogen-bond acceptors (Lipinski definition) is 4. The molecule has 0 bridgehead atoms. The third kappa shape index (κ3) is 3.74. The molecule has 2 aliphatic rings. The summed E-state index contributed by atoms with van der Waals surface area (Å²) in [4.78, 5) is 7.99. The van der Waals surface area contributed by atoms with Crippen molar-refractivity contribution in [3.05, 3.63) is 11.1 Å². The van der Waals surface area contributed by atoms with Crippen LogP contribution in [-0.2, 0) is 6.18 Å². The minimum absolute atomic E-state index is 0.463. The van der Waals surface area contributed by atoms with E-state index in [1.54, 1.807) is 0 Å². The number of rotatable bonds is 2. The molecule has 3 nitrogen and oxygen atoms in total. The zero-order valence-electron chi connectivity index (χ0n) is 12.6. The van der Waals surface area contributed by atoms with Crippen LogP contribution in [0.25, 0.3) is 0 Å². The van der Waals surface area contributed by atoms with E-state index in [1.807, 2.05) is 4.90 Å². The Balaban J connectivity index is 1.66. The number of nitrogens with zero attached hydrogens (tertiary/aromatic N) is 3. The molecule has 0 amide bonds. The fourth-order valence-electron chi connectivity index (χ4n) is 3.43. The third-order valence-corrected chi connectivity index (χ3v) is 5.70. The summed E-state index contributed by atoms with van der Waals surface area (Å²) in [6.45, 7) is 3.88. The topological polar surface area (TPSA) is 19.4 Å². The van der Waals surface area contributed by atoms with Crippen molar-refractivity contribution < 1.29 is 13.2 Å². The highest BCUT2D eigenvalue weighted by Gasteiger charge is 2.35. The standard InChI is InChI=1S/C15H22F3N3S/c16-15(17,18)13-10-19-14(22-13)21-9-5-6-12(11-21)20-7-3-1-2-4-8-20/h10,12H,1-9,11H2. The van der Waals surface area contributed by atoms with E-state index in [0.717, 1.165) is 56.6 Å². The van der Waals surface area contributed by atoms with Crippen LogP contribution >= 0.6 is 11.3 Å². The molecule has 0 N–H and O–H groups in total. The van der Waals surface area contributed by atoms with Gasteiger partial charge in [0.1, 0.15) is 4.88 Å². The maximum Gasteiger partial charge on any atom is 0.427 e. The smallest absolute Gasteiger partial charge is 0.347 e. The normalized spacial score (nSPS) is 25.2. The minimum Gasteiger partial charge on any atom is -0.347 e. The summed E-state index contributed by atoms with van der Waals surface area (Å²) >= 11 is 0.770. The molecular weight excluding hydrogens is 311 g/mol. The summed E-state index contributed by atoms with van der Waals surface area (Å²) in [7, 11) is 0. The summed E-state index contributed by atoms with van der Waals surface area (Å²) in [5.74, 6) is 0. The second-order valence-electron chi connectivity index (χ2n) is 6.20. The third-order valence-electron chi connectivity index (χ3n) is 4.60. The zero-order chi connectivity index (χ0) is 15.6. The second-order valence-corrected chi connectivity index (χ2v) is 7.21. The molecule has 2 fully saturated rings. The number of halogens is 3. The number of aromatic nitrogens is 1. The van der Waals surface area contributed by atoms with Crippen molar-refractivity contribution in [2.45, 2.75) is 50.7 Å². The van der Waals surface area contributed by atoms with Crippen molar-refractivity contribution in [1.82, 2.24) is 9.88 Å². The highest BCUT2D eigenvalue weighted by atomic mass is 32.1. The van der Waals surface area contributed by atoms with E-state index in [-0.39, 0.29) is 0 Å². The number of anilines is 1. The molecule has 1 unspecified atom stereocenters. The van der Waals surface area contributed by atoms with Crippen LogP contribution in [0.1, 0.15) is 43.4 Å². The number of thiazole rings is 1. The van der Waals surface area contributed by atoms with Gasteiger partial charge in [0, 0.05) is 19.1 Å². The van der Waals surface area contributed by atoms with Gasteiger partial charge in [0.25, 0.3) is 0 Å². The fraction of sp³-hybridized carbons (Fsp3) is 0.800. The van der Waals surface area contributed by atoms with Gasteiger partial charge in [-0.1, -0.05) is 24.2 Å². The molecule has 3 heterocycles. The molecular formula is C15H22F3N3S. The summed E-state index contributed by atoms with van der Waals surface area (Å²) in [6.07, 6.45) is 3.95. The maximum atomic E-state index is 12.7. The first-order valence-corrected chi connectivity index (χ1v) is 8.88. The van der Waals surface area contributed by atoms with Gasteiger partial charge in [0.05, 0.1) is 6.20 Å². The molecule has 7 heteroatoms. The first-order valence-electron chi connectivity index (χ1n) is 8.06. The molecule has 22 heavy (non-hydrogen) atoms. The van der Waals surface area contributed by atoms with Crippen molar-refractivity contribution in [1.29, 1.82) is 0 Å². The van der Waals surface area contributed by atoms with E-state index >= 15 is 0 Å². The Labute approximate surface area is 133 Å². The Morgan fingerprint density at radius 3 is 2.41 bits per heavy atom. The van der Waals surface area contributed by atoms with Crippen LogP contribution < -0.4 is 4.90 Å². The van der Waals surface area contributed by atoms with Gasteiger partial charge >= 0.3 is 6.18 Å². The Kier molecular flexibility index (Phi) is 4.92. The van der Waals surface area contributed by atoms with Crippen LogP contribution in [0.3, 0.4) is 0 Å². The van der Waals surface area contributed by atoms with Crippen LogP contribution in [0.5, 0.6) is 0 Å². The Bertz CT molecular complexity index is 481. The highest BCUT2D eigenvalue weighted by molar-refractivity contribution is 7.15. The molecule has 124 valence electrons. The summed E-state index contributed by atoms with van der Waals surface area (Å²) < 4.78 is 38.2. The van der Waals surface area contributed by atoms with Gasteiger partial charge in [-0.15, -0.1) is 0 Å². The zero-order valence-corrected chi connectivity index (χ0v) is 13.4. The first kappa shape index (κ1) is 16.1. The molecule has 1 aromatic rings. The lowest BCUT2D eigenvalue weighted by molar-refractivity contribution is -0.134. The highest BCUT2D eigenvalue weighted by Crippen LogP contribution is 2.37. The van der Waals surface area contributed by atoms with Gasteiger partial charge in [-0.25, -0.2) is 4.98 Å². The summed E-state index contributed by atoms with van der Waals surface area (Å²) in [5, 5.41) is 0.520. The largest absolute Gasteiger partial charge is 0.427 e. The van der Waals surface area contributed by atoms with Crippen molar-refractivity contribution in [3.8, 4) is 0 Å². The lowest BCUT2D eigenvalue weighted by Gasteiger charge is -2.39. The molecule has 0 spiro atoms. The molecule has 2 saturated heterocycles. The van der Waals surface area contributed by atoms with E-state index in [0.29, 0.717) is 11.2 Å². The molecule has 0 aromatic carbocycles. The monoisotopic (exact) mass is 333 g/mol. The van der Waals surface area contributed by atoms with E-state index < -0.39 is 11.1 Å². The molecule has 1 aromatic heterocycles. The van der Waals surface area contributed by atoms with Gasteiger partial charge in [-0.3, -0.25) is 4.90 Å². The molecule has 2 aliphatic heterocycles. The van der Waals surface area contributed by atoms with Crippen molar-refractivity contribution in [2.75, 3.05) is 31.1 Å². The van der Waals surface area contributed by atoms with Gasteiger partial charge in [-0.2, -0.15) is 13.2 Å². The van der Waals surface area contributed by atoms with Gasteiger partial charge in [0.2, 0.25) is 0 Å². The van der Waals surface area contributed by atoms with Crippen LogP contribution in [0.2, 0.25) is 0 Å². The van der Waals surface area contributed by atoms with Crippen LogP contribution in [0, 0.1) is 0 Å². The fourth-order valence-corrected chi connectivity index (χ4v) is 4.25. The Morgan fingerprint density at radius 2 is 1.77 bits per heavy atom. The van der Waals surface area contributed by atoms with E-state index in [1.165, 1.54) is 25.7 Å². The predicted molar refractivity (Wildman–Crippen MR) is 82.4 cm³/mol. The molecule has 1 atom stereocenters. The van der Waals surface area contributed by atoms with Crippen molar-refractivity contribution in [2.24, 2.45) is 0 Å². The first-order chi connectivity index (χ1) is 10.5. The quantitative estimate of drug-likeness (QED) is 0.815. The Morgan fingerprint density at radius 1 is 1.05 bits per heavy atom. The van der Waals surface area contributed by atoms with Crippen LogP contribution in [0.4, 0.5) is 18.3 Å². The van der Waals surface area contributed by atoms with Gasteiger partial charge in [-0.05, 0) is 38.8 Å². The summed E-state index contributed by atoms with van der Waals surface area (Å²) in [6, 6.07) is 0.463. The lowest BCUT2D eigenvalue weighted by atomic mass is 10.0. The molecule has 3 rings (SSSR count). The van der Waals surface area contributed by atoms with E-state index in [2.05, 4.69) is 9.88 Å². The van der Waals surface area contributed by atoms with Gasteiger partial charge < -0.3 is 4.90 Å².